The number of rotatable bonds is 2. The maximum absolute atomic E-state index is 12.7. The summed E-state index contributed by atoms with van der Waals surface area (Å²) in [5.41, 5.74) is 7.08. The molecule has 1 fully saturated rings. The van der Waals surface area contributed by atoms with E-state index in [-0.39, 0.29) is 23.1 Å². The fourth-order valence-corrected chi connectivity index (χ4v) is 2.72. The molecule has 2 N–H and O–H groups in total. The Morgan fingerprint density at radius 3 is 2.88 bits per heavy atom. The zero-order chi connectivity index (χ0) is 17.3. The van der Waals surface area contributed by atoms with Crippen molar-refractivity contribution < 1.29 is 9.53 Å². The third kappa shape index (κ3) is 3.03. The molecule has 2 aromatic rings. The van der Waals surface area contributed by atoms with Gasteiger partial charge in [0, 0.05) is 19.3 Å². The number of ether oxygens (including phenoxy) is 1. The number of hydrogen-bond acceptors (Lipinski definition) is 5. The lowest BCUT2D eigenvalue weighted by molar-refractivity contribution is -0.0247. The van der Waals surface area contributed by atoms with Gasteiger partial charge in [-0.25, -0.2) is 4.98 Å². The summed E-state index contributed by atoms with van der Waals surface area (Å²) in [6.45, 7) is 2.99. The molecular formula is C17H20N4O3. The number of morpholine rings is 1. The zero-order valence-electron chi connectivity index (χ0n) is 13.7. The van der Waals surface area contributed by atoms with E-state index in [1.807, 2.05) is 13.0 Å². The molecule has 3 heterocycles. The number of hydrogen-bond donors (Lipinski definition) is 1. The van der Waals surface area contributed by atoms with Crippen molar-refractivity contribution in [2.24, 2.45) is 7.05 Å². The molecule has 24 heavy (non-hydrogen) atoms. The minimum absolute atomic E-state index is 0.171. The first-order chi connectivity index (χ1) is 11.5. The van der Waals surface area contributed by atoms with Crippen LogP contribution in [0.1, 0.15) is 27.8 Å². The predicted molar refractivity (Wildman–Crippen MR) is 89.7 cm³/mol. The third-order valence-electron chi connectivity index (χ3n) is 4.26. The monoisotopic (exact) mass is 328 g/mol. The second kappa shape index (κ2) is 6.45. The third-order valence-corrected chi connectivity index (χ3v) is 4.26. The SMILES string of the molecule is Cc1ccc(C(=O)N2CCO[C@H](c3cccc(N)n3)C2)c(=O)n1C. The minimum Gasteiger partial charge on any atom is -0.384 e. The predicted octanol–water partition coefficient (Wildman–Crippen LogP) is 0.885. The Morgan fingerprint density at radius 1 is 1.33 bits per heavy atom. The molecule has 0 saturated carbocycles. The van der Waals surface area contributed by atoms with Gasteiger partial charge in [0.1, 0.15) is 17.5 Å². The van der Waals surface area contributed by atoms with Crippen molar-refractivity contribution >= 4 is 11.7 Å². The largest absolute Gasteiger partial charge is 0.384 e. The van der Waals surface area contributed by atoms with Crippen LogP contribution in [0.5, 0.6) is 0 Å². The topological polar surface area (TPSA) is 90.5 Å². The fourth-order valence-electron chi connectivity index (χ4n) is 2.72. The fraction of sp³-hybridized carbons (Fsp3) is 0.353. The summed E-state index contributed by atoms with van der Waals surface area (Å²) >= 11 is 0. The van der Waals surface area contributed by atoms with Gasteiger partial charge in [-0.2, -0.15) is 0 Å². The number of aryl methyl sites for hydroxylation is 1. The van der Waals surface area contributed by atoms with Gasteiger partial charge in [-0.15, -0.1) is 0 Å². The van der Waals surface area contributed by atoms with Gasteiger partial charge >= 0.3 is 0 Å². The molecule has 126 valence electrons. The second-order valence-corrected chi connectivity index (χ2v) is 5.85. The lowest BCUT2D eigenvalue weighted by Crippen LogP contribution is -2.44. The Hall–Kier alpha value is -2.67. The highest BCUT2D eigenvalue weighted by Crippen LogP contribution is 2.22. The molecule has 0 radical (unpaired) electrons. The molecule has 7 heteroatoms. The van der Waals surface area contributed by atoms with Crippen molar-refractivity contribution in [2.75, 3.05) is 25.4 Å². The van der Waals surface area contributed by atoms with Crippen molar-refractivity contribution in [3.8, 4) is 0 Å². The number of nitrogens with zero attached hydrogens (tertiary/aromatic N) is 3. The van der Waals surface area contributed by atoms with E-state index in [1.54, 1.807) is 36.2 Å². The van der Waals surface area contributed by atoms with Gasteiger partial charge in [-0.1, -0.05) is 6.07 Å². The average molecular weight is 328 g/mol. The summed E-state index contributed by atoms with van der Waals surface area (Å²) in [5, 5.41) is 0. The summed E-state index contributed by atoms with van der Waals surface area (Å²) < 4.78 is 7.19. The van der Waals surface area contributed by atoms with Gasteiger partial charge < -0.3 is 19.9 Å². The molecule has 0 unspecified atom stereocenters. The maximum Gasteiger partial charge on any atom is 0.263 e. The van der Waals surface area contributed by atoms with E-state index < -0.39 is 0 Å². The Kier molecular flexibility index (Phi) is 4.35. The van der Waals surface area contributed by atoms with Gasteiger partial charge in [-0.3, -0.25) is 9.59 Å². The lowest BCUT2D eigenvalue weighted by atomic mass is 10.1. The first-order valence-electron chi connectivity index (χ1n) is 7.77. The highest BCUT2D eigenvalue weighted by molar-refractivity contribution is 5.94. The Balaban J connectivity index is 1.83. The molecule has 2 aromatic heterocycles. The Morgan fingerprint density at radius 2 is 2.12 bits per heavy atom. The standard InChI is InChI=1S/C17H20N4O3/c1-11-6-7-12(16(22)20(11)2)17(23)21-8-9-24-14(10-21)13-4-3-5-15(18)19-13/h3-7,14H,8-10H2,1-2H3,(H2,18,19)/t14-/m0/s1. The number of pyridine rings is 2. The van der Waals surface area contributed by atoms with E-state index in [9.17, 15) is 9.59 Å². The number of nitrogens with two attached hydrogens (primary N) is 1. The highest BCUT2D eigenvalue weighted by Gasteiger charge is 2.28. The quantitative estimate of drug-likeness (QED) is 0.884. The molecular weight excluding hydrogens is 308 g/mol. The van der Waals surface area contributed by atoms with Crippen molar-refractivity contribution in [2.45, 2.75) is 13.0 Å². The van der Waals surface area contributed by atoms with Crippen LogP contribution >= 0.6 is 0 Å². The smallest absolute Gasteiger partial charge is 0.263 e. The minimum atomic E-state index is -0.347. The van der Waals surface area contributed by atoms with Crippen LogP contribution in [0.2, 0.25) is 0 Å². The zero-order valence-corrected chi connectivity index (χ0v) is 13.7. The van der Waals surface area contributed by atoms with Gasteiger partial charge in [0.15, 0.2) is 0 Å². The van der Waals surface area contributed by atoms with E-state index in [4.69, 9.17) is 10.5 Å². The number of aromatic nitrogens is 2. The first-order valence-corrected chi connectivity index (χ1v) is 7.77. The van der Waals surface area contributed by atoms with E-state index in [0.717, 1.165) is 5.69 Å². The van der Waals surface area contributed by atoms with Gasteiger partial charge in [0.05, 0.1) is 18.8 Å². The van der Waals surface area contributed by atoms with Crippen LogP contribution in [0.25, 0.3) is 0 Å². The van der Waals surface area contributed by atoms with Crippen molar-refractivity contribution in [1.82, 2.24) is 14.5 Å². The first kappa shape index (κ1) is 16.2. The molecule has 0 aromatic carbocycles. The molecule has 1 atom stereocenters. The van der Waals surface area contributed by atoms with E-state index in [1.165, 1.54) is 4.57 Å². The summed E-state index contributed by atoms with van der Waals surface area (Å²) in [4.78, 5) is 31.0. The molecule has 7 nitrogen and oxygen atoms in total. The number of nitrogen functional groups attached to an aromatic ring is 1. The van der Waals surface area contributed by atoms with Crippen LogP contribution in [-0.4, -0.2) is 40.1 Å². The Labute approximate surface area is 139 Å². The number of anilines is 1. The molecule has 0 bridgehead atoms. The molecule has 0 aliphatic carbocycles. The molecule has 3 rings (SSSR count). The van der Waals surface area contributed by atoms with Crippen LogP contribution in [0, 0.1) is 6.92 Å². The van der Waals surface area contributed by atoms with E-state index in [2.05, 4.69) is 4.98 Å². The second-order valence-electron chi connectivity index (χ2n) is 5.85. The van der Waals surface area contributed by atoms with E-state index >= 15 is 0 Å². The Bertz CT molecular complexity index is 831. The summed E-state index contributed by atoms with van der Waals surface area (Å²) in [5.74, 6) is 0.125. The average Bonchev–Trinajstić information content (AvgIpc) is 2.59. The number of amides is 1. The summed E-state index contributed by atoms with van der Waals surface area (Å²) in [6, 6.07) is 8.68. The maximum atomic E-state index is 12.7. The van der Waals surface area contributed by atoms with Gasteiger partial charge in [-0.05, 0) is 31.2 Å². The molecule has 0 spiro atoms. The normalized spacial score (nSPS) is 17.8. The van der Waals surface area contributed by atoms with Crippen LogP contribution in [0.4, 0.5) is 5.82 Å². The van der Waals surface area contributed by atoms with Crippen molar-refractivity contribution in [1.29, 1.82) is 0 Å². The molecule has 1 aliphatic heterocycles. The summed E-state index contributed by atoms with van der Waals surface area (Å²) in [6.07, 6.45) is -0.347. The van der Waals surface area contributed by atoms with Crippen LogP contribution in [0.15, 0.2) is 35.1 Å². The molecule has 1 amide bonds. The summed E-state index contributed by atoms with van der Waals surface area (Å²) in [7, 11) is 1.66. The highest BCUT2D eigenvalue weighted by atomic mass is 16.5. The van der Waals surface area contributed by atoms with Crippen molar-refractivity contribution in [3.63, 3.8) is 0 Å². The van der Waals surface area contributed by atoms with Crippen LogP contribution < -0.4 is 11.3 Å². The number of carbonyl (C=O) groups is 1. The molecule has 1 saturated heterocycles. The molecule has 1 aliphatic rings. The van der Waals surface area contributed by atoms with Gasteiger partial charge in [0.2, 0.25) is 0 Å². The van der Waals surface area contributed by atoms with Crippen LogP contribution in [-0.2, 0) is 11.8 Å². The van der Waals surface area contributed by atoms with Gasteiger partial charge in [0.25, 0.3) is 11.5 Å². The lowest BCUT2D eigenvalue weighted by Gasteiger charge is -2.32. The number of carbonyl (C=O) groups excluding carboxylic acids is 1. The van der Waals surface area contributed by atoms with Crippen molar-refractivity contribution in [3.05, 3.63) is 57.6 Å². The van der Waals surface area contributed by atoms with Crippen LogP contribution in [0.3, 0.4) is 0 Å². The van der Waals surface area contributed by atoms with E-state index in [0.29, 0.717) is 31.2 Å².